The highest BCUT2D eigenvalue weighted by Crippen LogP contribution is 2.39. The molecule has 2 heterocycles. The molecule has 2 aromatic heterocycles. The molecule has 0 radical (unpaired) electrons. The van der Waals surface area contributed by atoms with Crippen LogP contribution >= 0.6 is 22.9 Å². The van der Waals surface area contributed by atoms with Crippen molar-refractivity contribution in [3.63, 3.8) is 0 Å². The Balaban J connectivity index is 1.97. The molecular formula is C18H19ClF3N5OS. The van der Waals surface area contributed by atoms with Crippen LogP contribution in [0.2, 0.25) is 5.15 Å². The van der Waals surface area contributed by atoms with Crippen LogP contribution in [0.4, 0.5) is 24.9 Å². The van der Waals surface area contributed by atoms with Crippen LogP contribution in [-0.2, 0) is 6.18 Å². The Bertz CT molecular complexity index is 1010. The molecule has 0 aliphatic carbocycles. The Labute approximate surface area is 174 Å². The topological polar surface area (TPSA) is 97.0 Å². The third kappa shape index (κ3) is 4.88. The number of nitrogen functional groups attached to an aromatic ring is 1. The third-order valence-corrected chi connectivity index (χ3v) is 5.82. The van der Waals surface area contributed by atoms with Gasteiger partial charge in [-0.15, -0.1) is 11.3 Å². The lowest BCUT2D eigenvalue weighted by molar-refractivity contribution is -0.137. The van der Waals surface area contributed by atoms with Gasteiger partial charge in [0.1, 0.15) is 16.0 Å². The molecule has 6 nitrogen and oxygen atoms in total. The zero-order valence-electron chi connectivity index (χ0n) is 15.4. The summed E-state index contributed by atoms with van der Waals surface area (Å²) in [4.78, 5) is 12.5. The van der Waals surface area contributed by atoms with Crippen molar-refractivity contribution in [2.75, 3.05) is 24.2 Å². The summed E-state index contributed by atoms with van der Waals surface area (Å²) in [5, 5.41) is 12.9. The van der Waals surface area contributed by atoms with E-state index in [2.05, 4.69) is 20.3 Å². The van der Waals surface area contributed by atoms with Gasteiger partial charge in [0.05, 0.1) is 21.3 Å². The number of anilines is 2. The Kier molecular flexibility index (Phi) is 6.45. The van der Waals surface area contributed by atoms with Crippen LogP contribution < -0.4 is 11.1 Å². The van der Waals surface area contributed by atoms with Crippen LogP contribution in [0, 0.1) is 5.92 Å². The Morgan fingerprint density at radius 1 is 1.28 bits per heavy atom. The summed E-state index contributed by atoms with van der Waals surface area (Å²) in [6.07, 6.45) is -2.92. The van der Waals surface area contributed by atoms with E-state index >= 15 is 0 Å². The summed E-state index contributed by atoms with van der Waals surface area (Å²) >= 11 is 7.46. The molecule has 0 aliphatic rings. The maximum atomic E-state index is 13.0. The standard InChI is InChI=1S/C18H19ClF3N5OS/c1-2-9(8-28)5-6-24-15-13(14(19)26-17(23)27-15)16-25-11-7-10(18(20,21)22)3-4-12(11)29-16/h3-4,7,9,28H,2,5-6,8H2,1H3,(H3,23,24,26,27). The molecule has 0 aliphatic heterocycles. The van der Waals surface area contributed by atoms with Crippen molar-refractivity contribution in [2.24, 2.45) is 5.92 Å². The molecule has 3 rings (SSSR count). The number of halogens is 4. The summed E-state index contributed by atoms with van der Waals surface area (Å²) < 4.78 is 39.5. The molecule has 0 amide bonds. The Morgan fingerprint density at radius 2 is 2.03 bits per heavy atom. The van der Waals surface area contributed by atoms with Gasteiger partial charge in [-0.3, -0.25) is 0 Å². The number of rotatable bonds is 7. The van der Waals surface area contributed by atoms with E-state index in [4.69, 9.17) is 17.3 Å². The summed E-state index contributed by atoms with van der Waals surface area (Å²) in [5.41, 5.74) is 5.53. The maximum absolute atomic E-state index is 13.0. The van der Waals surface area contributed by atoms with Crippen molar-refractivity contribution >= 4 is 44.9 Å². The highest BCUT2D eigenvalue weighted by Gasteiger charge is 2.31. The van der Waals surface area contributed by atoms with E-state index in [0.717, 1.165) is 18.6 Å². The van der Waals surface area contributed by atoms with E-state index < -0.39 is 11.7 Å². The second kappa shape index (κ2) is 8.68. The normalized spacial score (nSPS) is 13.0. The molecule has 4 N–H and O–H groups in total. The predicted octanol–water partition coefficient (Wildman–Crippen LogP) is 4.83. The van der Waals surface area contributed by atoms with E-state index in [1.54, 1.807) is 0 Å². The zero-order chi connectivity index (χ0) is 21.2. The van der Waals surface area contributed by atoms with Gasteiger partial charge in [0.15, 0.2) is 0 Å². The fourth-order valence-corrected chi connectivity index (χ4v) is 4.11. The van der Waals surface area contributed by atoms with Gasteiger partial charge >= 0.3 is 6.18 Å². The number of aromatic nitrogens is 3. The number of hydrogen-bond donors (Lipinski definition) is 3. The number of nitrogens with zero attached hydrogens (tertiary/aromatic N) is 3. The molecule has 29 heavy (non-hydrogen) atoms. The summed E-state index contributed by atoms with van der Waals surface area (Å²) in [7, 11) is 0. The Hall–Kier alpha value is -2.17. The van der Waals surface area contributed by atoms with Crippen LogP contribution in [-0.4, -0.2) is 33.2 Å². The lowest BCUT2D eigenvalue weighted by Gasteiger charge is -2.14. The van der Waals surface area contributed by atoms with E-state index in [-0.39, 0.29) is 29.1 Å². The first-order valence-corrected chi connectivity index (χ1v) is 10.1. The molecular weight excluding hydrogens is 427 g/mol. The van der Waals surface area contributed by atoms with Crippen molar-refractivity contribution in [1.82, 2.24) is 15.0 Å². The molecule has 156 valence electrons. The molecule has 11 heteroatoms. The van der Waals surface area contributed by atoms with Gasteiger partial charge in [-0.25, -0.2) is 9.97 Å². The third-order valence-electron chi connectivity index (χ3n) is 4.49. The lowest BCUT2D eigenvalue weighted by Crippen LogP contribution is -2.13. The van der Waals surface area contributed by atoms with E-state index in [1.165, 1.54) is 17.4 Å². The van der Waals surface area contributed by atoms with Crippen LogP contribution in [0.5, 0.6) is 0 Å². The molecule has 0 saturated heterocycles. The van der Waals surface area contributed by atoms with Gasteiger partial charge in [0, 0.05) is 13.2 Å². The van der Waals surface area contributed by atoms with Crippen molar-refractivity contribution in [3.05, 3.63) is 28.9 Å². The van der Waals surface area contributed by atoms with Crippen LogP contribution in [0.15, 0.2) is 18.2 Å². The number of alkyl halides is 3. The predicted molar refractivity (Wildman–Crippen MR) is 109 cm³/mol. The molecule has 0 spiro atoms. The summed E-state index contributed by atoms with van der Waals surface area (Å²) in [6, 6.07) is 3.40. The molecule has 1 atom stereocenters. The lowest BCUT2D eigenvalue weighted by atomic mass is 10.0. The van der Waals surface area contributed by atoms with Gasteiger partial charge in [-0.2, -0.15) is 18.2 Å². The average molecular weight is 446 g/mol. The molecule has 0 bridgehead atoms. The van der Waals surface area contributed by atoms with Crippen molar-refractivity contribution in [1.29, 1.82) is 0 Å². The molecule has 1 unspecified atom stereocenters. The minimum Gasteiger partial charge on any atom is -0.396 e. The number of aliphatic hydroxyl groups is 1. The number of aliphatic hydroxyl groups excluding tert-OH is 1. The Morgan fingerprint density at radius 3 is 2.69 bits per heavy atom. The van der Waals surface area contributed by atoms with Crippen LogP contribution in [0.3, 0.4) is 0 Å². The number of thiazole rings is 1. The fraction of sp³-hybridized carbons (Fsp3) is 0.389. The largest absolute Gasteiger partial charge is 0.416 e. The minimum absolute atomic E-state index is 0.0316. The van der Waals surface area contributed by atoms with E-state index in [0.29, 0.717) is 34.1 Å². The monoisotopic (exact) mass is 445 g/mol. The number of benzene rings is 1. The number of fused-ring (bicyclic) bond motifs is 1. The maximum Gasteiger partial charge on any atom is 0.416 e. The van der Waals surface area contributed by atoms with Gasteiger partial charge in [-0.05, 0) is 30.5 Å². The quantitative estimate of drug-likeness (QED) is 0.451. The van der Waals surface area contributed by atoms with Crippen LogP contribution in [0.25, 0.3) is 20.8 Å². The van der Waals surface area contributed by atoms with Gasteiger partial charge in [0.25, 0.3) is 0 Å². The highest BCUT2D eigenvalue weighted by molar-refractivity contribution is 7.21. The molecule has 3 aromatic rings. The van der Waals surface area contributed by atoms with Crippen molar-refractivity contribution in [3.8, 4) is 10.6 Å². The second-order valence-corrected chi connectivity index (χ2v) is 7.86. The summed E-state index contributed by atoms with van der Waals surface area (Å²) in [5.74, 6) is 0.463. The van der Waals surface area contributed by atoms with Crippen molar-refractivity contribution in [2.45, 2.75) is 25.9 Å². The first-order chi connectivity index (χ1) is 13.7. The summed E-state index contributed by atoms with van der Waals surface area (Å²) in [6.45, 7) is 2.57. The first-order valence-electron chi connectivity index (χ1n) is 8.88. The molecule has 0 fully saturated rings. The number of nitrogens with one attached hydrogen (secondary N) is 1. The minimum atomic E-state index is -4.45. The van der Waals surface area contributed by atoms with Crippen molar-refractivity contribution < 1.29 is 18.3 Å². The highest BCUT2D eigenvalue weighted by atomic mass is 35.5. The molecule has 0 saturated carbocycles. The van der Waals surface area contributed by atoms with E-state index in [1.807, 2.05) is 6.92 Å². The number of hydrogen-bond acceptors (Lipinski definition) is 7. The SMILES string of the molecule is CCC(CO)CCNc1nc(N)nc(Cl)c1-c1nc2cc(C(F)(F)F)ccc2s1. The smallest absolute Gasteiger partial charge is 0.396 e. The average Bonchev–Trinajstić information content (AvgIpc) is 3.06. The van der Waals surface area contributed by atoms with Gasteiger partial charge in [-0.1, -0.05) is 24.9 Å². The number of nitrogens with two attached hydrogens (primary N) is 1. The van der Waals surface area contributed by atoms with Gasteiger partial charge in [0.2, 0.25) is 5.95 Å². The van der Waals surface area contributed by atoms with E-state index in [9.17, 15) is 18.3 Å². The second-order valence-electron chi connectivity index (χ2n) is 6.47. The van der Waals surface area contributed by atoms with Gasteiger partial charge < -0.3 is 16.2 Å². The first kappa shape index (κ1) is 21.5. The zero-order valence-corrected chi connectivity index (χ0v) is 17.0. The molecule has 1 aromatic carbocycles. The fourth-order valence-electron chi connectivity index (χ4n) is 2.80. The van der Waals surface area contributed by atoms with Crippen LogP contribution in [0.1, 0.15) is 25.3 Å².